The van der Waals surface area contributed by atoms with E-state index in [4.69, 9.17) is 5.11 Å². The largest absolute Gasteiger partial charge is 0.390 e. The van der Waals surface area contributed by atoms with Crippen LogP contribution in [-0.2, 0) is 4.79 Å². The van der Waals surface area contributed by atoms with Gasteiger partial charge in [0.1, 0.15) is 6.61 Å². The summed E-state index contributed by atoms with van der Waals surface area (Å²) in [6.45, 7) is 2.52. The van der Waals surface area contributed by atoms with Crippen LogP contribution in [0.15, 0.2) is 0 Å². The van der Waals surface area contributed by atoms with Crippen LogP contribution in [0, 0.1) is 5.41 Å². The minimum atomic E-state index is -3.26. The lowest BCUT2D eigenvalue weighted by atomic mass is 9.77. The molecule has 1 atom stereocenters. The Balaban J connectivity index is 2.52. The van der Waals surface area contributed by atoms with Crippen molar-refractivity contribution in [3.63, 3.8) is 0 Å². The van der Waals surface area contributed by atoms with Gasteiger partial charge < -0.3 is 15.7 Å². The Hall–Kier alpha value is -0.750. The number of halogens is 2. The van der Waals surface area contributed by atoms with Crippen molar-refractivity contribution in [1.29, 1.82) is 0 Å². The van der Waals surface area contributed by atoms with E-state index in [1.54, 1.807) is 0 Å². The lowest BCUT2D eigenvalue weighted by Gasteiger charge is -2.38. The number of aliphatic hydroxyl groups excluding tert-OH is 1. The second kappa shape index (κ2) is 5.27. The van der Waals surface area contributed by atoms with Gasteiger partial charge >= 0.3 is 0 Å². The number of carbonyl (C=O) groups excluding carboxylic acids is 1. The normalized spacial score (nSPS) is 24.4. The van der Waals surface area contributed by atoms with Gasteiger partial charge in [-0.1, -0.05) is 13.8 Å². The fourth-order valence-electron chi connectivity index (χ4n) is 2.03. The molecule has 1 aliphatic heterocycles. The standard InChI is InChI=1S/C11H20F2N2O2/c1-10(2)4-3-5-14-8(10)9(17)15-6-11(12,13)7-16/h8,14,16H,3-7H2,1-2H3,(H,15,17). The van der Waals surface area contributed by atoms with Crippen molar-refractivity contribution >= 4 is 5.91 Å². The van der Waals surface area contributed by atoms with Crippen LogP contribution in [0.4, 0.5) is 8.78 Å². The number of hydrogen-bond acceptors (Lipinski definition) is 3. The minimum Gasteiger partial charge on any atom is -0.390 e. The van der Waals surface area contributed by atoms with E-state index in [-0.39, 0.29) is 5.41 Å². The van der Waals surface area contributed by atoms with Gasteiger partial charge in [0, 0.05) is 0 Å². The molecule has 0 spiro atoms. The van der Waals surface area contributed by atoms with Gasteiger partial charge in [-0.25, -0.2) is 8.78 Å². The Labute approximate surface area is 99.8 Å². The molecule has 1 rings (SSSR count). The molecule has 0 aromatic rings. The average Bonchev–Trinajstić information content (AvgIpc) is 2.25. The van der Waals surface area contributed by atoms with E-state index in [9.17, 15) is 13.6 Å². The van der Waals surface area contributed by atoms with E-state index in [2.05, 4.69) is 10.6 Å². The highest BCUT2D eigenvalue weighted by molar-refractivity contribution is 5.82. The van der Waals surface area contributed by atoms with Crippen LogP contribution in [0.25, 0.3) is 0 Å². The fraction of sp³-hybridized carbons (Fsp3) is 0.909. The number of nitrogens with one attached hydrogen (secondary N) is 2. The van der Waals surface area contributed by atoms with E-state index in [1.807, 2.05) is 13.8 Å². The van der Waals surface area contributed by atoms with Crippen LogP contribution in [0.2, 0.25) is 0 Å². The van der Waals surface area contributed by atoms with Gasteiger partial charge in [0.25, 0.3) is 5.92 Å². The van der Waals surface area contributed by atoms with Gasteiger partial charge in [-0.2, -0.15) is 0 Å². The molecule has 0 aromatic heterocycles. The molecule has 17 heavy (non-hydrogen) atoms. The fourth-order valence-corrected chi connectivity index (χ4v) is 2.03. The van der Waals surface area contributed by atoms with Gasteiger partial charge in [-0.3, -0.25) is 4.79 Å². The second-order valence-electron chi connectivity index (χ2n) is 5.21. The van der Waals surface area contributed by atoms with Crippen molar-refractivity contribution in [2.45, 2.75) is 38.7 Å². The molecule has 0 radical (unpaired) electrons. The molecule has 0 saturated carbocycles. The van der Waals surface area contributed by atoms with Crippen LogP contribution < -0.4 is 10.6 Å². The average molecular weight is 250 g/mol. The molecule has 1 aliphatic rings. The van der Waals surface area contributed by atoms with Gasteiger partial charge in [0.05, 0.1) is 12.6 Å². The first-order valence-corrected chi connectivity index (χ1v) is 5.78. The quantitative estimate of drug-likeness (QED) is 0.681. The van der Waals surface area contributed by atoms with Crippen molar-refractivity contribution in [2.75, 3.05) is 19.7 Å². The second-order valence-corrected chi connectivity index (χ2v) is 5.21. The first-order valence-electron chi connectivity index (χ1n) is 5.78. The summed E-state index contributed by atoms with van der Waals surface area (Å²) in [7, 11) is 0. The molecule has 1 saturated heterocycles. The van der Waals surface area contributed by atoms with Crippen LogP contribution in [0.1, 0.15) is 26.7 Å². The Morgan fingerprint density at radius 2 is 2.24 bits per heavy atom. The van der Waals surface area contributed by atoms with Crippen LogP contribution in [-0.4, -0.2) is 42.7 Å². The first-order chi connectivity index (χ1) is 7.78. The van der Waals surface area contributed by atoms with Crippen LogP contribution in [0.3, 0.4) is 0 Å². The molecule has 0 aromatic carbocycles. The van der Waals surface area contributed by atoms with Crippen molar-refractivity contribution in [2.24, 2.45) is 5.41 Å². The minimum absolute atomic E-state index is 0.239. The Kier molecular flexibility index (Phi) is 4.43. The molecule has 1 fully saturated rings. The van der Waals surface area contributed by atoms with Crippen molar-refractivity contribution in [3.8, 4) is 0 Å². The molecular weight excluding hydrogens is 230 g/mol. The van der Waals surface area contributed by atoms with Crippen LogP contribution >= 0.6 is 0 Å². The Bertz CT molecular complexity index is 283. The predicted octanol–water partition coefficient (Wildman–Crippen LogP) is 0.508. The molecule has 1 heterocycles. The summed E-state index contributed by atoms with van der Waals surface area (Å²) in [5.41, 5.74) is -0.239. The number of alkyl halides is 2. The number of rotatable bonds is 4. The molecule has 4 nitrogen and oxygen atoms in total. The Morgan fingerprint density at radius 3 is 2.76 bits per heavy atom. The third-order valence-electron chi connectivity index (χ3n) is 3.14. The van der Waals surface area contributed by atoms with E-state index in [0.717, 1.165) is 19.4 Å². The summed E-state index contributed by atoms with van der Waals surface area (Å²) >= 11 is 0. The summed E-state index contributed by atoms with van der Waals surface area (Å²) < 4.78 is 25.6. The lowest BCUT2D eigenvalue weighted by molar-refractivity contribution is -0.129. The first kappa shape index (κ1) is 14.3. The van der Waals surface area contributed by atoms with Crippen molar-refractivity contribution in [1.82, 2.24) is 10.6 Å². The van der Waals surface area contributed by atoms with Gasteiger partial charge in [-0.05, 0) is 24.8 Å². The third kappa shape index (κ3) is 3.89. The van der Waals surface area contributed by atoms with Crippen molar-refractivity contribution in [3.05, 3.63) is 0 Å². The SMILES string of the molecule is CC1(C)CCCNC1C(=O)NCC(F)(F)CO. The molecule has 1 unspecified atom stereocenters. The monoisotopic (exact) mass is 250 g/mol. The van der Waals surface area contributed by atoms with Gasteiger partial charge in [-0.15, -0.1) is 0 Å². The zero-order valence-corrected chi connectivity index (χ0v) is 10.2. The number of aliphatic hydroxyl groups is 1. The maximum Gasteiger partial charge on any atom is 0.287 e. The summed E-state index contributed by atoms with van der Waals surface area (Å²) in [6, 6.07) is -0.453. The van der Waals surface area contributed by atoms with E-state index < -0.39 is 31.0 Å². The van der Waals surface area contributed by atoms with Gasteiger partial charge in [0.15, 0.2) is 0 Å². The zero-order valence-electron chi connectivity index (χ0n) is 10.2. The molecular formula is C11H20F2N2O2. The summed E-state index contributed by atoms with van der Waals surface area (Å²) in [5.74, 6) is -3.68. The molecule has 1 amide bonds. The lowest BCUT2D eigenvalue weighted by Crippen LogP contribution is -2.57. The van der Waals surface area contributed by atoms with E-state index >= 15 is 0 Å². The molecule has 3 N–H and O–H groups in total. The smallest absolute Gasteiger partial charge is 0.287 e. The summed E-state index contributed by atoms with van der Waals surface area (Å²) in [5, 5.41) is 13.6. The molecule has 100 valence electrons. The predicted molar refractivity (Wildman–Crippen MR) is 59.8 cm³/mol. The molecule has 0 bridgehead atoms. The topological polar surface area (TPSA) is 61.4 Å². The highest BCUT2D eigenvalue weighted by atomic mass is 19.3. The van der Waals surface area contributed by atoms with E-state index in [1.165, 1.54) is 0 Å². The number of hydrogen-bond donors (Lipinski definition) is 3. The maximum atomic E-state index is 12.8. The number of amides is 1. The van der Waals surface area contributed by atoms with E-state index in [0.29, 0.717) is 0 Å². The summed E-state index contributed by atoms with van der Waals surface area (Å²) in [4.78, 5) is 11.8. The van der Waals surface area contributed by atoms with Crippen molar-refractivity contribution < 1.29 is 18.7 Å². The molecule has 6 heteroatoms. The zero-order chi connectivity index (χ0) is 13.1. The Morgan fingerprint density at radius 1 is 1.59 bits per heavy atom. The highest BCUT2D eigenvalue weighted by Gasteiger charge is 2.38. The molecule has 0 aliphatic carbocycles. The number of piperidine rings is 1. The third-order valence-corrected chi connectivity index (χ3v) is 3.14. The maximum absolute atomic E-state index is 12.8. The number of carbonyl (C=O) groups is 1. The highest BCUT2D eigenvalue weighted by Crippen LogP contribution is 2.30. The van der Waals surface area contributed by atoms with Gasteiger partial charge in [0.2, 0.25) is 5.91 Å². The van der Waals surface area contributed by atoms with Crippen LogP contribution in [0.5, 0.6) is 0 Å². The summed E-state index contributed by atoms with van der Waals surface area (Å²) in [6.07, 6.45) is 1.86.